The maximum atomic E-state index is 14.9. The number of hydrogen-bond donors (Lipinski definition) is 4. The van der Waals surface area contributed by atoms with E-state index in [0.717, 1.165) is 18.9 Å². The van der Waals surface area contributed by atoms with Crippen LogP contribution in [0.4, 0.5) is 26.8 Å². The minimum absolute atomic E-state index is 0.0244. The Morgan fingerprint density at radius 3 is 2.64 bits per heavy atom. The third-order valence-corrected chi connectivity index (χ3v) is 7.63. The zero-order valence-corrected chi connectivity index (χ0v) is 21.7. The van der Waals surface area contributed by atoms with Gasteiger partial charge in [-0.1, -0.05) is 11.6 Å². The maximum Gasteiger partial charge on any atom is 0.407 e. The van der Waals surface area contributed by atoms with E-state index in [1.54, 1.807) is 6.20 Å². The van der Waals surface area contributed by atoms with Gasteiger partial charge in [-0.05, 0) is 50.7 Å². The lowest BCUT2D eigenvalue weighted by atomic mass is 9.85. The lowest BCUT2D eigenvalue weighted by molar-refractivity contribution is -0.122. The SMILES string of the molecule is N#Cc1cc(F)c(Nc2nc3cnc(NC4CCCN(C(=O)O)C4)nc3n2[C@H]2CC[C@H](C(N)=O)CC2)c(Cl)c1. The Morgan fingerprint density at radius 1 is 1.21 bits per heavy atom. The van der Waals surface area contributed by atoms with Crippen LogP contribution in [0.3, 0.4) is 0 Å². The van der Waals surface area contributed by atoms with Crippen molar-refractivity contribution in [3.63, 3.8) is 0 Å². The van der Waals surface area contributed by atoms with Gasteiger partial charge in [-0.2, -0.15) is 10.2 Å². The van der Waals surface area contributed by atoms with Gasteiger partial charge in [0.05, 0.1) is 28.5 Å². The zero-order chi connectivity index (χ0) is 27.7. The molecule has 1 unspecified atom stereocenters. The molecule has 1 saturated carbocycles. The molecular weight excluding hydrogens is 529 g/mol. The third-order valence-electron chi connectivity index (χ3n) is 7.33. The number of nitrogens with zero attached hydrogens (tertiary/aromatic N) is 6. The number of amides is 2. The zero-order valence-electron chi connectivity index (χ0n) is 20.9. The van der Waals surface area contributed by atoms with E-state index in [-0.39, 0.29) is 40.2 Å². The largest absolute Gasteiger partial charge is 0.465 e. The number of carbonyl (C=O) groups is 2. The first-order valence-corrected chi connectivity index (χ1v) is 13.1. The highest BCUT2D eigenvalue weighted by Gasteiger charge is 2.30. The van der Waals surface area contributed by atoms with E-state index >= 15 is 0 Å². The molecule has 2 aliphatic rings. The van der Waals surface area contributed by atoms with Crippen molar-refractivity contribution in [3.8, 4) is 6.07 Å². The summed E-state index contributed by atoms with van der Waals surface area (Å²) in [6, 6.07) is 4.06. The van der Waals surface area contributed by atoms with Gasteiger partial charge in [0.25, 0.3) is 0 Å². The fourth-order valence-corrected chi connectivity index (χ4v) is 5.59. The molecule has 1 aliphatic heterocycles. The van der Waals surface area contributed by atoms with Crippen LogP contribution in [0.25, 0.3) is 11.2 Å². The minimum atomic E-state index is -0.966. The molecule has 2 aromatic heterocycles. The van der Waals surface area contributed by atoms with Gasteiger partial charge in [-0.3, -0.25) is 9.36 Å². The summed E-state index contributed by atoms with van der Waals surface area (Å²) in [6.07, 6.45) is 4.51. The van der Waals surface area contributed by atoms with Crippen LogP contribution in [0.5, 0.6) is 0 Å². The molecule has 5 N–H and O–H groups in total. The summed E-state index contributed by atoms with van der Waals surface area (Å²) in [5.74, 6) is -0.637. The summed E-state index contributed by atoms with van der Waals surface area (Å²) in [5, 5.41) is 24.7. The number of rotatable bonds is 6. The molecule has 1 aromatic carbocycles. The van der Waals surface area contributed by atoms with Crippen LogP contribution in [0, 0.1) is 23.1 Å². The summed E-state index contributed by atoms with van der Waals surface area (Å²) in [7, 11) is 0. The monoisotopic (exact) mass is 555 g/mol. The number of imidazole rings is 1. The average molecular weight is 556 g/mol. The number of halogens is 2. The van der Waals surface area contributed by atoms with Crippen molar-refractivity contribution in [2.75, 3.05) is 23.7 Å². The van der Waals surface area contributed by atoms with Gasteiger partial charge in [-0.25, -0.2) is 19.2 Å². The molecule has 0 bridgehead atoms. The average Bonchev–Trinajstić information content (AvgIpc) is 3.28. The molecule has 2 fully saturated rings. The third kappa shape index (κ3) is 5.51. The maximum absolute atomic E-state index is 14.9. The molecule has 1 atom stereocenters. The van der Waals surface area contributed by atoms with E-state index in [4.69, 9.17) is 27.6 Å². The number of fused-ring (bicyclic) bond motifs is 1. The number of aromatic nitrogens is 4. The van der Waals surface area contributed by atoms with E-state index in [9.17, 15) is 19.1 Å². The number of benzene rings is 1. The molecule has 14 heteroatoms. The Hall–Kier alpha value is -4.18. The van der Waals surface area contributed by atoms with Gasteiger partial charge in [0.1, 0.15) is 11.3 Å². The number of piperidine rings is 1. The molecule has 0 spiro atoms. The predicted octanol–water partition coefficient (Wildman–Crippen LogP) is 4.00. The highest BCUT2D eigenvalue weighted by atomic mass is 35.5. The number of primary amides is 1. The molecule has 1 aliphatic carbocycles. The summed E-state index contributed by atoms with van der Waals surface area (Å²) < 4.78 is 16.8. The van der Waals surface area contributed by atoms with Crippen LogP contribution in [0.15, 0.2) is 18.3 Å². The number of nitriles is 1. The summed E-state index contributed by atoms with van der Waals surface area (Å²) >= 11 is 6.30. The standard InChI is InChI=1S/C25H27ClFN9O3/c26-17-8-13(10-28)9-18(27)20(17)33-24-32-19-11-30-23(31-15-2-1-7-35(12-15)25(38)39)34-22(19)36(24)16-5-3-14(4-6-16)21(29)37/h8-9,11,14-16H,1-7,12H2,(H2,29,37)(H,32,33)(H,38,39)(H,30,31,34)/t14-,15?,16-. The van der Waals surface area contributed by atoms with Crippen LogP contribution < -0.4 is 16.4 Å². The van der Waals surface area contributed by atoms with Gasteiger partial charge in [0, 0.05) is 31.1 Å². The number of nitrogens with one attached hydrogen (secondary N) is 2. The first-order chi connectivity index (χ1) is 18.7. The van der Waals surface area contributed by atoms with Crippen molar-refractivity contribution in [3.05, 3.63) is 34.7 Å². The molecule has 39 heavy (non-hydrogen) atoms. The van der Waals surface area contributed by atoms with E-state index < -0.39 is 11.9 Å². The lowest BCUT2D eigenvalue weighted by Crippen LogP contribution is -2.44. The van der Waals surface area contributed by atoms with Crippen molar-refractivity contribution < 1.29 is 19.1 Å². The molecule has 12 nitrogen and oxygen atoms in total. The highest BCUT2D eigenvalue weighted by Crippen LogP contribution is 2.38. The lowest BCUT2D eigenvalue weighted by Gasteiger charge is -2.31. The van der Waals surface area contributed by atoms with Crippen molar-refractivity contribution in [2.24, 2.45) is 11.7 Å². The Bertz CT molecular complexity index is 1440. The summed E-state index contributed by atoms with van der Waals surface area (Å²) in [6.45, 7) is 0.800. The van der Waals surface area contributed by atoms with Crippen molar-refractivity contribution in [2.45, 2.75) is 50.6 Å². The van der Waals surface area contributed by atoms with Crippen molar-refractivity contribution in [1.29, 1.82) is 5.26 Å². The summed E-state index contributed by atoms with van der Waals surface area (Å²) in [4.78, 5) is 38.2. The number of carboxylic acid groups (broad SMARTS) is 1. The van der Waals surface area contributed by atoms with E-state index in [1.807, 2.05) is 10.6 Å². The van der Waals surface area contributed by atoms with Gasteiger partial charge >= 0.3 is 6.09 Å². The van der Waals surface area contributed by atoms with Crippen LogP contribution in [-0.2, 0) is 4.79 Å². The second-order valence-electron chi connectivity index (χ2n) is 9.88. The fraction of sp³-hybridized carbons (Fsp3) is 0.440. The molecule has 2 amide bonds. The highest BCUT2D eigenvalue weighted by molar-refractivity contribution is 6.33. The van der Waals surface area contributed by atoms with Gasteiger partial charge in [0.2, 0.25) is 17.8 Å². The summed E-state index contributed by atoms with van der Waals surface area (Å²) in [5.41, 5.74) is 6.55. The van der Waals surface area contributed by atoms with Crippen LogP contribution in [0.1, 0.15) is 50.1 Å². The molecule has 3 heterocycles. The Kier molecular flexibility index (Phi) is 7.38. The Morgan fingerprint density at radius 2 is 1.97 bits per heavy atom. The smallest absolute Gasteiger partial charge is 0.407 e. The van der Waals surface area contributed by atoms with Crippen molar-refractivity contribution in [1.82, 2.24) is 24.4 Å². The second kappa shape index (κ2) is 10.9. The number of carbonyl (C=O) groups excluding carboxylic acids is 1. The number of anilines is 3. The molecular formula is C25H27ClFN9O3. The minimum Gasteiger partial charge on any atom is -0.465 e. The second-order valence-corrected chi connectivity index (χ2v) is 10.3. The first-order valence-electron chi connectivity index (χ1n) is 12.7. The first kappa shape index (κ1) is 26.4. The number of likely N-dealkylation sites (tertiary alicyclic amines) is 1. The quantitative estimate of drug-likeness (QED) is 0.350. The molecule has 5 rings (SSSR count). The molecule has 204 valence electrons. The van der Waals surface area contributed by atoms with Crippen molar-refractivity contribution >= 4 is 52.3 Å². The molecule has 1 saturated heterocycles. The van der Waals surface area contributed by atoms with Crippen LogP contribution in [-0.4, -0.2) is 60.7 Å². The molecule has 3 aromatic rings. The van der Waals surface area contributed by atoms with Gasteiger partial charge in [0.15, 0.2) is 5.65 Å². The fourth-order valence-electron chi connectivity index (χ4n) is 5.33. The van der Waals surface area contributed by atoms with E-state index in [0.29, 0.717) is 61.8 Å². The number of nitrogens with two attached hydrogens (primary N) is 1. The van der Waals surface area contributed by atoms with Gasteiger partial charge < -0.3 is 26.4 Å². The Labute approximate surface area is 228 Å². The van der Waals surface area contributed by atoms with Crippen LogP contribution >= 0.6 is 11.6 Å². The number of hydrogen-bond acceptors (Lipinski definition) is 8. The normalized spacial score (nSPS) is 21.4. The van der Waals surface area contributed by atoms with Gasteiger partial charge in [-0.15, -0.1) is 0 Å². The van der Waals surface area contributed by atoms with Crippen LogP contribution in [0.2, 0.25) is 5.02 Å². The topological polar surface area (TPSA) is 175 Å². The molecule has 0 radical (unpaired) electrons. The van der Waals surface area contributed by atoms with E-state index in [1.165, 1.54) is 11.0 Å². The van der Waals surface area contributed by atoms with E-state index in [2.05, 4.69) is 20.6 Å². The predicted molar refractivity (Wildman–Crippen MR) is 141 cm³/mol. The Balaban J connectivity index is 1.50.